The van der Waals surface area contributed by atoms with Gasteiger partial charge < -0.3 is 4.74 Å². The molecule has 0 unspecified atom stereocenters. The van der Waals surface area contributed by atoms with E-state index in [9.17, 15) is 43.2 Å². The van der Waals surface area contributed by atoms with Crippen molar-refractivity contribution in [3.8, 4) is 0 Å². The molecule has 0 saturated heterocycles. The molecule has 0 aromatic rings. The highest BCUT2D eigenvalue weighted by Gasteiger charge is 2.49. The number of unbranched alkanes of at least 4 members (excludes halogenated alkanes) is 9. The van der Waals surface area contributed by atoms with Gasteiger partial charge in [0.2, 0.25) is 0 Å². The van der Waals surface area contributed by atoms with E-state index in [1.807, 2.05) is 0 Å². The van der Waals surface area contributed by atoms with Crippen molar-refractivity contribution in [2.24, 2.45) is 0 Å². The predicted molar refractivity (Wildman–Crippen MR) is 103 cm³/mol. The van der Waals surface area contributed by atoms with Crippen molar-refractivity contribution < 1.29 is 56.3 Å². The first-order valence-corrected chi connectivity index (χ1v) is 13.0. The number of halogens is 6. The first-order chi connectivity index (χ1) is 14.6. The Morgan fingerprint density at radius 2 is 0.969 bits per heavy atom. The first kappa shape index (κ1) is 31.4. The quantitative estimate of drug-likeness (QED) is 0.107. The van der Waals surface area contributed by atoms with Crippen LogP contribution in [0, 0.1) is 0 Å². The van der Waals surface area contributed by atoms with Crippen molar-refractivity contribution in [1.82, 2.24) is 0 Å². The lowest BCUT2D eigenvalue weighted by atomic mass is 10.1. The smallest absolute Gasteiger partial charge is 0.373 e. The maximum absolute atomic E-state index is 12.3. The summed E-state index contributed by atoms with van der Waals surface area (Å²) in [4.78, 5) is 0. The average Bonchev–Trinajstić information content (AvgIpc) is 2.65. The minimum Gasteiger partial charge on any atom is -0.373 e. The fourth-order valence-electron chi connectivity index (χ4n) is 2.45. The molecule has 0 N–H and O–H groups in total. The van der Waals surface area contributed by atoms with E-state index < -0.39 is 50.6 Å². The molecule has 0 aromatic carbocycles. The number of hydrogen-bond acceptors (Lipinski definition) is 7. The lowest BCUT2D eigenvalue weighted by Crippen LogP contribution is -2.35. The largest absolute Gasteiger partial charge is 0.523 e. The topological polar surface area (TPSA) is 96.0 Å². The van der Waals surface area contributed by atoms with Gasteiger partial charge in [-0.15, -0.1) is 0 Å². The molecular formula is C17H30F6O7S2. The van der Waals surface area contributed by atoms with Crippen LogP contribution in [-0.2, 0) is 33.3 Å². The molecule has 0 atom stereocenters. The Bertz CT molecular complexity index is 658. The minimum absolute atomic E-state index is 0.161. The number of rotatable bonds is 18. The monoisotopic (exact) mass is 524 g/mol. The molecule has 0 saturated carbocycles. The molecule has 7 nitrogen and oxygen atoms in total. The van der Waals surface area contributed by atoms with Gasteiger partial charge >= 0.3 is 31.3 Å². The van der Waals surface area contributed by atoms with Gasteiger partial charge in [-0.25, -0.2) is 0 Å². The van der Waals surface area contributed by atoms with E-state index in [1.165, 1.54) is 12.8 Å². The van der Waals surface area contributed by atoms with E-state index in [2.05, 4.69) is 15.3 Å². The summed E-state index contributed by atoms with van der Waals surface area (Å²) in [6.07, 6.45) is 7.87. The van der Waals surface area contributed by atoms with Gasteiger partial charge in [-0.2, -0.15) is 43.2 Å². The van der Waals surface area contributed by atoms with E-state index in [0.717, 1.165) is 38.5 Å². The lowest BCUT2D eigenvalue weighted by molar-refractivity contribution is -0.0669. The van der Waals surface area contributed by atoms with Crippen LogP contribution in [0.15, 0.2) is 0 Å². The van der Waals surface area contributed by atoms with Crippen LogP contribution in [0.4, 0.5) is 26.3 Å². The zero-order chi connectivity index (χ0) is 24.9. The normalized spacial score (nSPS) is 13.8. The van der Waals surface area contributed by atoms with Crippen molar-refractivity contribution in [3.05, 3.63) is 0 Å². The van der Waals surface area contributed by atoms with E-state index in [0.29, 0.717) is 12.8 Å². The minimum atomic E-state index is -6.04. The second-order valence-electron chi connectivity index (χ2n) is 7.04. The molecule has 0 bridgehead atoms. The molecule has 0 fully saturated rings. The van der Waals surface area contributed by atoms with Gasteiger partial charge in [0.15, 0.2) is 0 Å². The number of hydrogen-bond donors (Lipinski definition) is 0. The molecule has 0 heterocycles. The summed E-state index contributed by atoms with van der Waals surface area (Å²) in [6, 6.07) is 0. The molecule has 0 aliphatic heterocycles. The van der Waals surface area contributed by atoms with Crippen molar-refractivity contribution in [2.45, 2.75) is 88.3 Å². The van der Waals surface area contributed by atoms with Crippen LogP contribution in [0.3, 0.4) is 0 Å². The fraction of sp³-hybridized carbons (Fsp3) is 1.00. The van der Waals surface area contributed by atoms with Crippen molar-refractivity contribution >= 4 is 20.2 Å². The second-order valence-corrected chi connectivity index (χ2v) is 10.3. The van der Waals surface area contributed by atoms with E-state index >= 15 is 0 Å². The predicted octanol–water partition coefficient (Wildman–Crippen LogP) is 5.02. The van der Waals surface area contributed by atoms with Crippen LogP contribution in [-0.4, -0.2) is 53.8 Å². The molecule has 32 heavy (non-hydrogen) atoms. The molecule has 0 amide bonds. The van der Waals surface area contributed by atoms with Gasteiger partial charge in [0, 0.05) is 6.61 Å². The zero-order valence-corrected chi connectivity index (χ0v) is 19.3. The standard InChI is InChI=1S/C17H30F6O7S2/c1-2-3-4-5-6-7-8-9-10-11-12-28-15(13-29-31(24,25)16(18,19)20)14-30-32(26,27)17(21,22)23/h15H,2-14H2,1H3. The third kappa shape index (κ3) is 13.2. The summed E-state index contributed by atoms with van der Waals surface area (Å²) in [5, 5.41) is 0. The Labute approximate surface area is 185 Å². The Hall–Kier alpha value is -0.640. The number of ether oxygens (including phenoxy) is 1. The molecular weight excluding hydrogens is 494 g/mol. The van der Waals surface area contributed by atoms with Gasteiger partial charge in [0.1, 0.15) is 6.10 Å². The second kappa shape index (κ2) is 14.6. The first-order valence-electron chi connectivity index (χ1n) is 10.2. The van der Waals surface area contributed by atoms with Crippen LogP contribution in [0.25, 0.3) is 0 Å². The average molecular weight is 525 g/mol. The highest BCUT2D eigenvalue weighted by molar-refractivity contribution is 7.87. The van der Waals surface area contributed by atoms with Crippen LogP contribution in [0.5, 0.6) is 0 Å². The maximum Gasteiger partial charge on any atom is 0.523 e. The Morgan fingerprint density at radius 3 is 1.31 bits per heavy atom. The fourth-order valence-corrected chi connectivity index (χ4v) is 3.38. The van der Waals surface area contributed by atoms with Crippen LogP contribution in [0.1, 0.15) is 71.1 Å². The summed E-state index contributed by atoms with van der Waals surface area (Å²) in [5.41, 5.74) is -11.5. The van der Waals surface area contributed by atoms with Crippen LogP contribution in [0.2, 0.25) is 0 Å². The Kier molecular flexibility index (Phi) is 14.3. The van der Waals surface area contributed by atoms with E-state index in [-0.39, 0.29) is 6.61 Å². The summed E-state index contributed by atoms with van der Waals surface area (Å²) in [6.45, 7) is -0.776. The summed E-state index contributed by atoms with van der Waals surface area (Å²) in [5.74, 6) is 0. The van der Waals surface area contributed by atoms with E-state index in [1.54, 1.807) is 0 Å². The van der Waals surface area contributed by atoms with Crippen LogP contribution < -0.4 is 0 Å². The number of alkyl halides is 6. The van der Waals surface area contributed by atoms with Crippen LogP contribution >= 0.6 is 0 Å². The highest BCUT2D eigenvalue weighted by atomic mass is 32.2. The van der Waals surface area contributed by atoms with Crippen molar-refractivity contribution in [2.75, 3.05) is 19.8 Å². The summed E-state index contributed by atoms with van der Waals surface area (Å²) < 4.78 is 130. The Morgan fingerprint density at radius 1 is 0.625 bits per heavy atom. The third-order valence-electron chi connectivity index (χ3n) is 4.24. The van der Waals surface area contributed by atoms with E-state index in [4.69, 9.17) is 4.74 Å². The molecule has 15 heteroatoms. The zero-order valence-electron chi connectivity index (χ0n) is 17.7. The van der Waals surface area contributed by atoms with Gasteiger partial charge in [0.05, 0.1) is 13.2 Å². The molecule has 0 radical (unpaired) electrons. The lowest BCUT2D eigenvalue weighted by Gasteiger charge is -2.19. The SMILES string of the molecule is CCCCCCCCCCCCOC(COS(=O)(=O)C(F)(F)F)COS(=O)(=O)C(F)(F)F. The molecule has 0 aliphatic carbocycles. The molecule has 0 aliphatic rings. The summed E-state index contributed by atoms with van der Waals surface area (Å²) in [7, 11) is -12.1. The van der Waals surface area contributed by atoms with Gasteiger partial charge in [0.25, 0.3) is 0 Å². The molecule has 0 aromatic heterocycles. The highest BCUT2D eigenvalue weighted by Crippen LogP contribution is 2.26. The molecule has 0 spiro atoms. The van der Waals surface area contributed by atoms with Gasteiger partial charge in [-0.3, -0.25) is 8.37 Å². The van der Waals surface area contributed by atoms with Gasteiger partial charge in [-0.1, -0.05) is 64.7 Å². The summed E-state index contributed by atoms with van der Waals surface area (Å²) >= 11 is 0. The van der Waals surface area contributed by atoms with Crippen molar-refractivity contribution in [3.63, 3.8) is 0 Å². The third-order valence-corrected chi connectivity index (χ3v) is 6.26. The molecule has 194 valence electrons. The van der Waals surface area contributed by atoms with Crippen molar-refractivity contribution in [1.29, 1.82) is 0 Å². The maximum atomic E-state index is 12.3. The molecule has 0 rings (SSSR count). The van der Waals surface area contributed by atoms with Gasteiger partial charge in [-0.05, 0) is 6.42 Å². The Balaban J connectivity index is 4.49.